The minimum absolute atomic E-state index is 0.0468. The molecule has 0 saturated carbocycles. The molecule has 0 heterocycles. The molecule has 0 bridgehead atoms. The van der Waals surface area contributed by atoms with Crippen molar-refractivity contribution < 1.29 is 31.9 Å². The molecule has 0 unspecified atom stereocenters. The minimum Gasteiger partial charge on any atom is -0.493 e. The van der Waals surface area contributed by atoms with Crippen LogP contribution in [-0.2, 0) is 32.6 Å². The number of amides is 2. The van der Waals surface area contributed by atoms with Crippen molar-refractivity contribution in [2.75, 3.05) is 31.6 Å². The van der Waals surface area contributed by atoms with Crippen molar-refractivity contribution in [1.82, 2.24) is 10.2 Å². The Morgan fingerprint density at radius 2 is 1.53 bits per heavy atom. The molecular formula is C36H40FN3O6S. The number of aryl methyl sites for hydroxylation is 1. The van der Waals surface area contributed by atoms with Gasteiger partial charge in [-0.3, -0.25) is 13.9 Å². The van der Waals surface area contributed by atoms with Gasteiger partial charge in [0.25, 0.3) is 10.0 Å². The molecule has 0 aliphatic rings. The normalized spacial score (nSPS) is 11.8. The van der Waals surface area contributed by atoms with E-state index >= 15 is 0 Å². The summed E-state index contributed by atoms with van der Waals surface area (Å²) >= 11 is 0. The molecule has 4 rings (SSSR count). The number of methoxy groups -OCH3 is 2. The summed E-state index contributed by atoms with van der Waals surface area (Å²) in [7, 11) is -1.61. The first-order chi connectivity index (χ1) is 22.6. The van der Waals surface area contributed by atoms with Crippen molar-refractivity contribution >= 4 is 27.5 Å². The van der Waals surface area contributed by atoms with Crippen LogP contribution in [-0.4, -0.2) is 58.5 Å². The first kappa shape index (κ1) is 35.0. The second kappa shape index (κ2) is 16.1. The number of ether oxygens (including phenoxy) is 2. The predicted molar refractivity (Wildman–Crippen MR) is 179 cm³/mol. The van der Waals surface area contributed by atoms with E-state index in [4.69, 9.17) is 9.47 Å². The Morgan fingerprint density at radius 1 is 0.851 bits per heavy atom. The van der Waals surface area contributed by atoms with Crippen LogP contribution in [0, 0.1) is 12.7 Å². The maximum absolute atomic E-state index is 14.5. The fraction of sp³-hybridized carbons (Fsp3) is 0.278. The lowest BCUT2D eigenvalue weighted by molar-refractivity contribution is -0.140. The molecule has 0 spiro atoms. The van der Waals surface area contributed by atoms with E-state index in [2.05, 4.69) is 5.32 Å². The van der Waals surface area contributed by atoms with Gasteiger partial charge in [0.15, 0.2) is 11.5 Å². The van der Waals surface area contributed by atoms with Gasteiger partial charge in [0.05, 0.1) is 24.8 Å². The van der Waals surface area contributed by atoms with Crippen molar-refractivity contribution in [3.8, 4) is 11.5 Å². The molecule has 47 heavy (non-hydrogen) atoms. The second-order valence-corrected chi connectivity index (χ2v) is 12.9. The smallest absolute Gasteiger partial charge is 0.264 e. The quantitative estimate of drug-likeness (QED) is 0.180. The average molecular weight is 662 g/mol. The Bertz CT molecular complexity index is 1770. The molecular weight excluding hydrogens is 621 g/mol. The van der Waals surface area contributed by atoms with E-state index in [-0.39, 0.29) is 35.2 Å². The fourth-order valence-corrected chi connectivity index (χ4v) is 6.60. The number of benzene rings is 4. The Morgan fingerprint density at radius 3 is 2.17 bits per heavy atom. The van der Waals surface area contributed by atoms with Crippen LogP contribution < -0.4 is 19.1 Å². The average Bonchev–Trinajstić information content (AvgIpc) is 3.08. The molecule has 0 saturated heterocycles. The summed E-state index contributed by atoms with van der Waals surface area (Å²) in [6.45, 7) is 3.65. The highest BCUT2D eigenvalue weighted by Gasteiger charge is 2.35. The zero-order chi connectivity index (χ0) is 34.0. The molecule has 0 aromatic heterocycles. The lowest BCUT2D eigenvalue weighted by atomic mass is 10.0. The van der Waals surface area contributed by atoms with Gasteiger partial charge in [-0.1, -0.05) is 67.1 Å². The van der Waals surface area contributed by atoms with E-state index in [0.29, 0.717) is 18.7 Å². The molecule has 2 amide bonds. The Balaban J connectivity index is 1.82. The van der Waals surface area contributed by atoms with E-state index in [0.717, 1.165) is 33.1 Å². The number of anilines is 1. The van der Waals surface area contributed by atoms with Crippen LogP contribution in [0.1, 0.15) is 30.0 Å². The molecule has 9 nitrogen and oxygen atoms in total. The van der Waals surface area contributed by atoms with Gasteiger partial charge in [0.1, 0.15) is 18.4 Å². The number of nitrogens with zero attached hydrogens (tertiary/aromatic N) is 2. The number of nitrogens with one attached hydrogen (secondary N) is 1. The fourth-order valence-electron chi connectivity index (χ4n) is 5.17. The third-order valence-electron chi connectivity index (χ3n) is 7.59. The molecule has 0 radical (unpaired) electrons. The largest absolute Gasteiger partial charge is 0.493 e. The van der Waals surface area contributed by atoms with Crippen molar-refractivity contribution in [3.05, 3.63) is 120 Å². The summed E-state index contributed by atoms with van der Waals surface area (Å²) in [6.07, 6.45) is 0.893. The highest BCUT2D eigenvalue weighted by molar-refractivity contribution is 7.92. The monoisotopic (exact) mass is 661 g/mol. The Kier molecular flexibility index (Phi) is 12.0. The van der Waals surface area contributed by atoms with Gasteiger partial charge in [-0.2, -0.15) is 0 Å². The summed E-state index contributed by atoms with van der Waals surface area (Å²) in [4.78, 5) is 29.5. The highest BCUT2D eigenvalue weighted by atomic mass is 32.2. The number of hydrogen-bond donors (Lipinski definition) is 1. The van der Waals surface area contributed by atoms with Crippen LogP contribution in [0.25, 0.3) is 0 Å². The highest BCUT2D eigenvalue weighted by Crippen LogP contribution is 2.32. The van der Waals surface area contributed by atoms with Crippen molar-refractivity contribution in [2.45, 2.75) is 44.2 Å². The maximum Gasteiger partial charge on any atom is 0.264 e. The Labute approximate surface area is 276 Å². The molecule has 4 aromatic rings. The number of carbonyl (C=O) groups excluding carboxylic acids is 2. The standard InChI is InChI=1S/C36H40FN3O6S/c1-5-20-38-36(42)32(22-27-11-7-6-8-12-27)39(24-28-13-9-10-26(2)21-28)35(41)25-40(30-16-14-29(37)15-17-30)47(43,44)31-18-19-33(45-3)34(23-31)46-4/h6-19,21,23,32H,5,20,22,24-25H2,1-4H3,(H,38,42)/t32-/m0/s1. The zero-order valence-corrected chi connectivity index (χ0v) is 27.8. The van der Waals surface area contributed by atoms with E-state index in [9.17, 15) is 22.4 Å². The third kappa shape index (κ3) is 8.88. The van der Waals surface area contributed by atoms with E-state index in [1.807, 2.05) is 68.4 Å². The molecule has 11 heteroatoms. The van der Waals surface area contributed by atoms with Gasteiger partial charge in [0.2, 0.25) is 11.8 Å². The van der Waals surface area contributed by atoms with Crippen molar-refractivity contribution in [1.29, 1.82) is 0 Å². The van der Waals surface area contributed by atoms with Crippen LogP contribution in [0.5, 0.6) is 11.5 Å². The lowest BCUT2D eigenvalue weighted by Crippen LogP contribution is -2.53. The van der Waals surface area contributed by atoms with E-state index in [1.54, 1.807) is 0 Å². The summed E-state index contributed by atoms with van der Waals surface area (Å²) in [5.41, 5.74) is 2.64. The number of rotatable bonds is 15. The van der Waals surface area contributed by atoms with Crippen LogP contribution in [0.4, 0.5) is 10.1 Å². The minimum atomic E-state index is -4.42. The first-order valence-electron chi connectivity index (χ1n) is 15.2. The predicted octanol–water partition coefficient (Wildman–Crippen LogP) is 5.51. The van der Waals surface area contributed by atoms with Gasteiger partial charge in [0, 0.05) is 25.6 Å². The summed E-state index contributed by atoms with van der Waals surface area (Å²) in [5, 5.41) is 2.92. The molecule has 1 atom stereocenters. The van der Waals surface area contributed by atoms with Gasteiger partial charge in [-0.05, 0) is 60.9 Å². The molecule has 0 fully saturated rings. The molecule has 4 aromatic carbocycles. The number of halogens is 1. The summed E-state index contributed by atoms with van der Waals surface area (Å²) < 4.78 is 54.1. The van der Waals surface area contributed by atoms with Gasteiger partial charge >= 0.3 is 0 Å². The second-order valence-electron chi connectivity index (χ2n) is 11.0. The summed E-state index contributed by atoms with van der Waals surface area (Å²) in [6, 6.07) is 24.9. The summed E-state index contributed by atoms with van der Waals surface area (Å²) in [5.74, 6) is -1.04. The molecule has 0 aliphatic carbocycles. The number of carbonyl (C=O) groups is 2. The number of sulfonamides is 1. The Hall–Kier alpha value is -4.90. The van der Waals surface area contributed by atoms with Crippen LogP contribution >= 0.6 is 0 Å². The first-order valence-corrected chi connectivity index (χ1v) is 16.7. The van der Waals surface area contributed by atoms with Gasteiger partial charge in [-0.15, -0.1) is 0 Å². The van der Waals surface area contributed by atoms with Crippen molar-refractivity contribution in [2.24, 2.45) is 0 Å². The zero-order valence-electron chi connectivity index (χ0n) is 27.0. The van der Waals surface area contributed by atoms with Crippen molar-refractivity contribution in [3.63, 3.8) is 0 Å². The van der Waals surface area contributed by atoms with Crippen LogP contribution in [0.2, 0.25) is 0 Å². The van der Waals surface area contributed by atoms with Gasteiger partial charge < -0.3 is 19.7 Å². The van der Waals surface area contributed by atoms with Gasteiger partial charge in [-0.25, -0.2) is 12.8 Å². The molecule has 248 valence electrons. The molecule has 1 N–H and O–H groups in total. The van der Waals surface area contributed by atoms with E-state index in [1.165, 1.54) is 49.5 Å². The lowest BCUT2D eigenvalue weighted by Gasteiger charge is -2.34. The number of hydrogen-bond acceptors (Lipinski definition) is 6. The van der Waals surface area contributed by atoms with Crippen LogP contribution in [0.15, 0.2) is 102 Å². The topological polar surface area (TPSA) is 105 Å². The van der Waals surface area contributed by atoms with Crippen LogP contribution in [0.3, 0.4) is 0 Å². The maximum atomic E-state index is 14.5. The SMILES string of the molecule is CCCNC(=O)[C@H](Cc1ccccc1)N(Cc1cccc(C)c1)C(=O)CN(c1ccc(F)cc1)S(=O)(=O)c1ccc(OC)c(OC)c1. The third-order valence-corrected chi connectivity index (χ3v) is 9.36. The molecule has 0 aliphatic heterocycles. The van der Waals surface area contributed by atoms with E-state index < -0.39 is 34.3 Å².